The Kier molecular flexibility index (Phi) is 5.25. The molecule has 0 unspecified atom stereocenters. The van der Waals surface area contributed by atoms with Crippen LogP contribution in [0.25, 0.3) is 0 Å². The standard InChI is InChI=1S/C11H16FNO2/c1-14-11(15-2)8-13-7-9-3-5-10(12)6-4-9/h3-6,11,13H,7-8H2,1-2H3. The first kappa shape index (κ1) is 12.1. The molecule has 1 N–H and O–H groups in total. The van der Waals surface area contributed by atoms with Gasteiger partial charge >= 0.3 is 0 Å². The highest BCUT2D eigenvalue weighted by molar-refractivity contribution is 5.15. The van der Waals surface area contributed by atoms with Gasteiger partial charge in [0.15, 0.2) is 6.29 Å². The predicted octanol–water partition coefficient (Wildman–Crippen LogP) is 1.53. The van der Waals surface area contributed by atoms with Gasteiger partial charge in [0, 0.05) is 27.3 Å². The van der Waals surface area contributed by atoms with E-state index in [0.717, 1.165) is 5.56 Å². The Bertz CT molecular complexity index is 272. The quantitative estimate of drug-likeness (QED) is 0.727. The maximum absolute atomic E-state index is 12.6. The average molecular weight is 213 g/mol. The van der Waals surface area contributed by atoms with E-state index < -0.39 is 0 Å². The van der Waals surface area contributed by atoms with E-state index in [0.29, 0.717) is 13.1 Å². The zero-order chi connectivity index (χ0) is 11.1. The summed E-state index contributed by atoms with van der Waals surface area (Å²) in [5, 5.41) is 3.15. The molecule has 15 heavy (non-hydrogen) atoms. The van der Waals surface area contributed by atoms with E-state index in [-0.39, 0.29) is 12.1 Å². The maximum atomic E-state index is 12.6. The lowest BCUT2D eigenvalue weighted by atomic mass is 10.2. The second-order valence-electron chi connectivity index (χ2n) is 3.16. The van der Waals surface area contributed by atoms with Crippen molar-refractivity contribution in [3.05, 3.63) is 35.6 Å². The third-order valence-electron chi connectivity index (χ3n) is 2.08. The minimum Gasteiger partial charge on any atom is -0.355 e. The highest BCUT2D eigenvalue weighted by Gasteiger charge is 2.03. The summed E-state index contributed by atoms with van der Waals surface area (Å²) in [5.74, 6) is -0.217. The molecule has 0 heterocycles. The summed E-state index contributed by atoms with van der Waals surface area (Å²) in [6.45, 7) is 1.27. The first-order valence-corrected chi connectivity index (χ1v) is 4.77. The molecule has 0 aliphatic carbocycles. The van der Waals surface area contributed by atoms with Crippen LogP contribution < -0.4 is 5.32 Å². The third-order valence-corrected chi connectivity index (χ3v) is 2.08. The fourth-order valence-electron chi connectivity index (χ4n) is 1.20. The van der Waals surface area contributed by atoms with Gasteiger partial charge in [-0.3, -0.25) is 0 Å². The van der Waals surface area contributed by atoms with Crippen LogP contribution in [0.1, 0.15) is 5.56 Å². The first-order chi connectivity index (χ1) is 7.26. The Labute approximate surface area is 89.2 Å². The minimum atomic E-state index is -0.245. The van der Waals surface area contributed by atoms with Crippen LogP contribution in [0, 0.1) is 5.82 Å². The molecule has 0 aliphatic rings. The lowest BCUT2D eigenvalue weighted by Gasteiger charge is -2.13. The van der Waals surface area contributed by atoms with Crippen LogP contribution in [0.15, 0.2) is 24.3 Å². The molecular weight excluding hydrogens is 197 g/mol. The smallest absolute Gasteiger partial charge is 0.169 e. The van der Waals surface area contributed by atoms with Crippen molar-refractivity contribution in [2.75, 3.05) is 20.8 Å². The lowest BCUT2D eigenvalue weighted by molar-refractivity contribution is -0.0989. The largest absolute Gasteiger partial charge is 0.355 e. The average Bonchev–Trinajstić information content (AvgIpc) is 2.27. The molecule has 3 nitrogen and oxygen atoms in total. The second-order valence-corrected chi connectivity index (χ2v) is 3.16. The fraction of sp³-hybridized carbons (Fsp3) is 0.455. The highest BCUT2D eigenvalue weighted by Crippen LogP contribution is 2.02. The maximum Gasteiger partial charge on any atom is 0.169 e. The van der Waals surface area contributed by atoms with Gasteiger partial charge in [0.25, 0.3) is 0 Å². The molecule has 0 fully saturated rings. The van der Waals surface area contributed by atoms with E-state index in [1.807, 2.05) is 0 Å². The summed E-state index contributed by atoms with van der Waals surface area (Å²) < 4.78 is 22.6. The highest BCUT2D eigenvalue weighted by atomic mass is 19.1. The van der Waals surface area contributed by atoms with Gasteiger partial charge in [-0.05, 0) is 17.7 Å². The van der Waals surface area contributed by atoms with Gasteiger partial charge in [-0.2, -0.15) is 0 Å². The van der Waals surface area contributed by atoms with E-state index in [1.54, 1.807) is 26.4 Å². The van der Waals surface area contributed by atoms with Crippen LogP contribution >= 0.6 is 0 Å². The molecule has 1 rings (SSSR count). The van der Waals surface area contributed by atoms with Crippen molar-refractivity contribution >= 4 is 0 Å². The summed E-state index contributed by atoms with van der Waals surface area (Å²) in [6.07, 6.45) is -0.245. The monoisotopic (exact) mass is 213 g/mol. The van der Waals surface area contributed by atoms with Crippen LogP contribution in [-0.4, -0.2) is 27.1 Å². The second kappa shape index (κ2) is 6.50. The van der Waals surface area contributed by atoms with E-state index in [4.69, 9.17) is 9.47 Å². The van der Waals surface area contributed by atoms with Crippen molar-refractivity contribution in [3.8, 4) is 0 Å². The molecule has 0 saturated carbocycles. The number of rotatable bonds is 6. The van der Waals surface area contributed by atoms with Crippen molar-refractivity contribution < 1.29 is 13.9 Å². The number of methoxy groups -OCH3 is 2. The van der Waals surface area contributed by atoms with E-state index in [1.165, 1.54) is 12.1 Å². The van der Waals surface area contributed by atoms with E-state index >= 15 is 0 Å². The molecule has 4 heteroatoms. The summed E-state index contributed by atoms with van der Waals surface area (Å²) >= 11 is 0. The molecule has 0 radical (unpaired) electrons. The summed E-state index contributed by atoms with van der Waals surface area (Å²) in [4.78, 5) is 0. The lowest BCUT2D eigenvalue weighted by Crippen LogP contribution is -2.29. The van der Waals surface area contributed by atoms with E-state index in [2.05, 4.69) is 5.32 Å². The molecule has 0 spiro atoms. The van der Waals surface area contributed by atoms with Crippen molar-refractivity contribution in [1.82, 2.24) is 5.32 Å². The molecule has 84 valence electrons. The van der Waals surface area contributed by atoms with Crippen molar-refractivity contribution in [1.29, 1.82) is 0 Å². The third kappa shape index (κ3) is 4.38. The van der Waals surface area contributed by atoms with Crippen LogP contribution in [0.2, 0.25) is 0 Å². The van der Waals surface area contributed by atoms with Gasteiger partial charge in [0.2, 0.25) is 0 Å². The Morgan fingerprint density at radius 2 is 1.80 bits per heavy atom. The molecular formula is C11H16FNO2. The van der Waals surface area contributed by atoms with Crippen LogP contribution in [-0.2, 0) is 16.0 Å². The zero-order valence-electron chi connectivity index (χ0n) is 9.00. The van der Waals surface area contributed by atoms with Gasteiger partial charge < -0.3 is 14.8 Å². The Morgan fingerprint density at radius 1 is 1.20 bits per heavy atom. The Hall–Kier alpha value is -0.970. The Balaban J connectivity index is 2.28. The van der Waals surface area contributed by atoms with Crippen molar-refractivity contribution in [2.24, 2.45) is 0 Å². The summed E-state index contributed by atoms with van der Waals surface area (Å²) in [6, 6.07) is 6.39. The Morgan fingerprint density at radius 3 is 2.33 bits per heavy atom. The number of nitrogens with one attached hydrogen (secondary N) is 1. The van der Waals surface area contributed by atoms with Crippen LogP contribution in [0.3, 0.4) is 0 Å². The molecule has 0 bridgehead atoms. The van der Waals surface area contributed by atoms with Gasteiger partial charge in [-0.25, -0.2) is 4.39 Å². The predicted molar refractivity (Wildman–Crippen MR) is 55.9 cm³/mol. The minimum absolute atomic E-state index is 0.217. The van der Waals surface area contributed by atoms with Gasteiger partial charge in [0.05, 0.1) is 0 Å². The molecule has 0 aromatic heterocycles. The molecule has 0 saturated heterocycles. The summed E-state index contributed by atoms with van der Waals surface area (Å²) in [7, 11) is 3.18. The van der Waals surface area contributed by atoms with Crippen molar-refractivity contribution in [2.45, 2.75) is 12.8 Å². The molecule has 0 amide bonds. The van der Waals surface area contributed by atoms with Gasteiger partial charge in [-0.1, -0.05) is 12.1 Å². The molecule has 1 aromatic rings. The van der Waals surface area contributed by atoms with Gasteiger partial charge in [0.1, 0.15) is 5.82 Å². The van der Waals surface area contributed by atoms with E-state index in [9.17, 15) is 4.39 Å². The van der Waals surface area contributed by atoms with Gasteiger partial charge in [-0.15, -0.1) is 0 Å². The van der Waals surface area contributed by atoms with Crippen molar-refractivity contribution in [3.63, 3.8) is 0 Å². The number of halogens is 1. The zero-order valence-corrected chi connectivity index (χ0v) is 9.00. The number of hydrogen-bond acceptors (Lipinski definition) is 3. The summed E-state index contributed by atoms with van der Waals surface area (Å²) in [5.41, 5.74) is 1.03. The first-order valence-electron chi connectivity index (χ1n) is 4.77. The van der Waals surface area contributed by atoms with Crippen LogP contribution in [0.5, 0.6) is 0 Å². The molecule has 1 aromatic carbocycles. The number of ether oxygens (including phenoxy) is 2. The number of hydrogen-bond donors (Lipinski definition) is 1. The fourth-order valence-corrected chi connectivity index (χ4v) is 1.20. The number of benzene rings is 1. The normalized spacial score (nSPS) is 10.9. The molecule has 0 atom stereocenters. The molecule has 0 aliphatic heterocycles. The SMILES string of the molecule is COC(CNCc1ccc(F)cc1)OC. The topological polar surface area (TPSA) is 30.5 Å². The van der Waals surface area contributed by atoms with Crippen LogP contribution in [0.4, 0.5) is 4.39 Å².